The second-order valence-corrected chi connectivity index (χ2v) is 2.79. The van der Waals surface area contributed by atoms with Crippen LogP contribution in [0.25, 0.3) is 0 Å². The van der Waals surface area contributed by atoms with Gasteiger partial charge in [-0.2, -0.15) is 0 Å². The van der Waals surface area contributed by atoms with Gasteiger partial charge < -0.3 is 16.8 Å². The first kappa shape index (κ1) is 15.2. The molecule has 0 bridgehead atoms. The summed E-state index contributed by atoms with van der Waals surface area (Å²) in [6, 6.07) is -0.364. The highest BCUT2D eigenvalue weighted by Crippen LogP contribution is 1.97. The molecule has 13 heavy (non-hydrogen) atoms. The molecule has 5 heteroatoms. The summed E-state index contributed by atoms with van der Waals surface area (Å²) in [7, 11) is 0. The van der Waals surface area contributed by atoms with Crippen LogP contribution >= 0.6 is 12.4 Å². The number of carbonyl (C=O) groups is 1. The standard InChI is InChI=1S/C8H19N3O.ClH/c1-2-11-8(12)7(10)5-3-4-6-9;/h7H,2-6,9-10H2,1H3,(H,11,12);1H/t7-;/m0./s1. The Morgan fingerprint density at radius 3 is 2.54 bits per heavy atom. The fourth-order valence-corrected chi connectivity index (χ4v) is 0.945. The van der Waals surface area contributed by atoms with Crippen molar-refractivity contribution in [3.05, 3.63) is 0 Å². The van der Waals surface area contributed by atoms with Gasteiger partial charge in [-0.1, -0.05) is 6.42 Å². The SMILES string of the molecule is CCNC(=O)[C@@H](N)CCCCN.Cl. The summed E-state index contributed by atoms with van der Waals surface area (Å²) in [5.74, 6) is -0.0606. The molecule has 0 aliphatic carbocycles. The average molecular weight is 210 g/mol. The maximum absolute atomic E-state index is 11.1. The minimum atomic E-state index is -0.364. The summed E-state index contributed by atoms with van der Waals surface area (Å²) >= 11 is 0. The van der Waals surface area contributed by atoms with E-state index in [2.05, 4.69) is 5.32 Å². The van der Waals surface area contributed by atoms with Crippen molar-refractivity contribution in [3.8, 4) is 0 Å². The topological polar surface area (TPSA) is 81.1 Å². The van der Waals surface area contributed by atoms with Crippen molar-refractivity contribution < 1.29 is 4.79 Å². The molecule has 0 rings (SSSR count). The van der Waals surface area contributed by atoms with Gasteiger partial charge >= 0.3 is 0 Å². The Kier molecular flexibility index (Phi) is 11.4. The van der Waals surface area contributed by atoms with E-state index in [0.29, 0.717) is 13.1 Å². The van der Waals surface area contributed by atoms with Crippen LogP contribution in [0, 0.1) is 0 Å². The zero-order chi connectivity index (χ0) is 9.40. The van der Waals surface area contributed by atoms with E-state index in [1.165, 1.54) is 0 Å². The third kappa shape index (κ3) is 8.02. The number of hydrogen-bond acceptors (Lipinski definition) is 3. The molecule has 0 aliphatic heterocycles. The third-order valence-corrected chi connectivity index (χ3v) is 1.66. The minimum absolute atomic E-state index is 0. The Morgan fingerprint density at radius 1 is 1.46 bits per heavy atom. The van der Waals surface area contributed by atoms with Gasteiger partial charge in [0.15, 0.2) is 0 Å². The van der Waals surface area contributed by atoms with E-state index < -0.39 is 0 Å². The van der Waals surface area contributed by atoms with Gasteiger partial charge in [-0.15, -0.1) is 12.4 Å². The van der Waals surface area contributed by atoms with Crippen LogP contribution in [0.4, 0.5) is 0 Å². The fraction of sp³-hybridized carbons (Fsp3) is 0.875. The molecule has 0 spiro atoms. The van der Waals surface area contributed by atoms with Crippen LogP contribution in [0.1, 0.15) is 26.2 Å². The molecule has 0 radical (unpaired) electrons. The number of rotatable bonds is 6. The lowest BCUT2D eigenvalue weighted by molar-refractivity contribution is -0.122. The monoisotopic (exact) mass is 209 g/mol. The highest BCUT2D eigenvalue weighted by atomic mass is 35.5. The molecule has 0 saturated heterocycles. The van der Waals surface area contributed by atoms with Gasteiger partial charge in [0.25, 0.3) is 0 Å². The first-order valence-electron chi connectivity index (χ1n) is 4.45. The third-order valence-electron chi connectivity index (χ3n) is 1.66. The second kappa shape index (κ2) is 9.77. The van der Waals surface area contributed by atoms with Crippen LogP contribution in [0.15, 0.2) is 0 Å². The Hall–Kier alpha value is -0.320. The van der Waals surface area contributed by atoms with Gasteiger partial charge in [-0.25, -0.2) is 0 Å². The number of amides is 1. The maximum atomic E-state index is 11.1. The molecule has 0 aromatic rings. The molecular weight excluding hydrogens is 190 g/mol. The molecule has 0 unspecified atom stereocenters. The average Bonchev–Trinajstić information content (AvgIpc) is 2.05. The molecule has 1 amide bonds. The normalized spacial score (nSPS) is 11.6. The number of halogens is 1. The molecule has 4 nitrogen and oxygen atoms in total. The maximum Gasteiger partial charge on any atom is 0.236 e. The fourth-order valence-electron chi connectivity index (χ4n) is 0.945. The molecule has 1 atom stereocenters. The quantitative estimate of drug-likeness (QED) is 0.539. The van der Waals surface area contributed by atoms with Crippen molar-refractivity contribution in [3.63, 3.8) is 0 Å². The Bertz CT molecular complexity index is 133. The Labute approximate surface area is 85.8 Å². The molecule has 5 N–H and O–H groups in total. The lowest BCUT2D eigenvalue weighted by Gasteiger charge is -2.09. The molecule has 0 aromatic carbocycles. The van der Waals surface area contributed by atoms with Crippen LogP contribution in [-0.2, 0) is 4.79 Å². The summed E-state index contributed by atoms with van der Waals surface area (Å²) in [5.41, 5.74) is 10.9. The summed E-state index contributed by atoms with van der Waals surface area (Å²) < 4.78 is 0. The van der Waals surface area contributed by atoms with Crippen molar-refractivity contribution >= 4 is 18.3 Å². The van der Waals surface area contributed by atoms with Crippen molar-refractivity contribution in [2.75, 3.05) is 13.1 Å². The summed E-state index contributed by atoms with van der Waals surface area (Å²) in [6.45, 7) is 3.19. The molecule has 0 heterocycles. The molecule has 0 saturated carbocycles. The van der Waals surface area contributed by atoms with Crippen LogP contribution in [-0.4, -0.2) is 25.0 Å². The van der Waals surface area contributed by atoms with Crippen molar-refractivity contribution in [2.45, 2.75) is 32.2 Å². The second-order valence-electron chi connectivity index (χ2n) is 2.79. The van der Waals surface area contributed by atoms with E-state index in [9.17, 15) is 4.79 Å². The van der Waals surface area contributed by atoms with Crippen LogP contribution in [0.3, 0.4) is 0 Å². The number of nitrogens with two attached hydrogens (primary N) is 2. The Morgan fingerprint density at radius 2 is 2.08 bits per heavy atom. The highest BCUT2D eigenvalue weighted by molar-refractivity contribution is 5.85. The van der Waals surface area contributed by atoms with Gasteiger partial charge in [0, 0.05) is 6.54 Å². The smallest absolute Gasteiger partial charge is 0.236 e. The van der Waals surface area contributed by atoms with Crippen LogP contribution in [0.2, 0.25) is 0 Å². The number of nitrogens with one attached hydrogen (secondary N) is 1. The number of carbonyl (C=O) groups excluding carboxylic acids is 1. The lowest BCUT2D eigenvalue weighted by Crippen LogP contribution is -2.40. The molecule has 80 valence electrons. The molecule has 0 aliphatic rings. The van der Waals surface area contributed by atoms with Crippen molar-refractivity contribution in [2.24, 2.45) is 11.5 Å². The lowest BCUT2D eigenvalue weighted by atomic mass is 10.1. The van der Waals surface area contributed by atoms with Gasteiger partial charge in [0.2, 0.25) is 5.91 Å². The van der Waals surface area contributed by atoms with E-state index in [-0.39, 0.29) is 24.4 Å². The van der Waals surface area contributed by atoms with E-state index in [0.717, 1.165) is 19.3 Å². The zero-order valence-electron chi connectivity index (χ0n) is 8.08. The van der Waals surface area contributed by atoms with Gasteiger partial charge in [-0.05, 0) is 26.3 Å². The summed E-state index contributed by atoms with van der Waals surface area (Å²) in [5, 5.41) is 2.68. The van der Waals surface area contributed by atoms with E-state index >= 15 is 0 Å². The first-order valence-corrected chi connectivity index (χ1v) is 4.45. The van der Waals surface area contributed by atoms with E-state index in [1.54, 1.807) is 0 Å². The molecule has 0 aromatic heterocycles. The number of hydrogen-bond donors (Lipinski definition) is 3. The van der Waals surface area contributed by atoms with Gasteiger partial charge in [-0.3, -0.25) is 4.79 Å². The van der Waals surface area contributed by atoms with Crippen LogP contribution in [0.5, 0.6) is 0 Å². The first-order chi connectivity index (χ1) is 5.72. The largest absolute Gasteiger partial charge is 0.355 e. The molecular formula is C8H20ClN3O. The Balaban J connectivity index is 0. The predicted molar refractivity (Wildman–Crippen MR) is 56.8 cm³/mol. The number of unbranched alkanes of at least 4 members (excludes halogenated alkanes) is 1. The van der Waals surface area contributed by atoms with Crippen LogP contribution < -0.4 is 16.8 Å². The van der Waals surface area contributed by atoms with E-state index in [4.69, 9.17) is 11.5 Å². The van der Waals surface area contributed by atoms with Crippen molar-refractivity contribution in [1.82, 2.24) is 5.32 Å². The summed E-state index contributed by atoms with van der Waals surface area (Å²) in [6.07, 6.45) is 2.59. The predicted octanol–water partition coefficient (Wildman–Crippen LogP) is 0.000600. The number of likely N-dealkylation sites (N-methyl/N-ethyl adjacent to an activating group) is 1. The van der Waals surface area contributed by atoms with E-state index in [1.807, 2.05) is 6.92 Å². The van der Waals surface area contributed by atoms with Gasteiger partial charge in [0.1, 0.15) is 0 Å². The molecule has 0 fully saturated rings. The summed E-state index contributed by atoms with van der Waals surface area (Å²) in [4.78, 5) is 11.1. The van der Waals surface area contributed by atoms with Gasteiger partial charge in [0.05, 0.1) is 6.04 Å². The highest BCUT2D eigenvalue weighted by Gasteiger charge is 2.10. The minimum Gasteiger partial charge on any atom is -0.355 e. The van der Waals surface area contributed by atoms with Crippen molar-refractivity contribution in [1.29, 1.82) is 0 Å². The zero-order valence-corrected chi connectivity index (χ0v) is 8.90.